The zero-order chi connectivity index (χ0) is 32.8. The molecule has 5 aromatic rings. The number of carbonyl (C=O) groups excluding carboxylic acids is 1. The van der Waals surface area contributed by atoms with Crippen molar-refractivity contribution in [1.82, 2.24) is 9.55 Å². The molecule has 2 aromatic heterocycles. The smallest absolute Gasteiger partial charge is 0.271 e. The molecule has 0 fully saturated rings. The van der Waals surface area contributed by atoms with E-state index in [0.29, 0.717) is 22.5 Å². The van der Waals surface area contributed by atoms with Gasteiger partial charge in [0.15, 0.2) is 17.3 Å². The Morgan fingerprint density at radius 2 is 1.85 bits per heavy atom. The monoisotopic (exact) mass is 625 g/mol. The molecule has 5 rings (SSSR count). The van der Waals surface area contributed by atoms with Crippen LogP contribution in [0.2, 0.25) is 0 Å². The number of aromatic nitrogens is 2. The third kappa shape index (κ3) is 6.58. The molecule has 0 aliphatic heterocycles. The number of allylic oxidation sites excluding steroid dienone is 1. The zero-order valence-electron chi connectivity index (χ0n) is 24.1. The summed E-state index contributed by atoms with van der Waals surface area (Å²) in [6, 6.07) is 17.7. The molecule has 3 N–H and O–H groups in total. The number of hydrogen-bond donors (Lipinski definition) is 3. The van der Waals surface area contributed by atoms with Crippen molar-refractivity contribution in [2.45, 2.75) is 6.92 Å². The summed E-state index contributed by atoms with van der Waals surface area (Å²) in [5, 5.41) is 21.4. The number of amides is 1. The Morgan fingerprint density at radius 3 is 2.54 bits per heavy atom. The van der Waals surface area contributed by atoms with Gasteiger partial charge < -0.3 is 25.2 Å². The molecule has 0 atom stereocenters. The van der Waals surface area contributed by atoms with Gasteiger partial charge in [-0.3, -0.25) is 24.3 Å². The molecule has 13 heteroatoms. The highest BCUT2D eigenvalue weighted by molar-refractivity contribution is 6.06. The molecule has 0 radical (unpaired) electrons. The fraction of sp³-hybridized carbons (Fsp3) is 0.0606. The van der Waals surface area contributed by atoms with Crippen molar-refractivity contribution in [1.29, 1.82) is 5.41 Å². The number of aromatic amines is 1. The van der Waals surface area contributed by atoms with Gasteiger partial charge in [0.25, 0.3) is 17.2 Å². The third-order valence-corrected chi connectivity index (χ3v) is 6.69. The third-order valence-electron chi connectivity index (χ3n) is 6.69. The highest BCUT2D eigenvalue weighted by Crippen LogP contribution is 2.33. The van der Waals surface area contributed by atoms with Crippen molar-refractivity contribution in [3.63, 3.8) is 0 Å². The normalized spacial score (nSPS) is 11.2. The summed E-state index contributed by atoms with van der Waals surface area (Å²) in [5.74, 6) is -2.43. The second-order valence-electron chi connectivity index (χ2n) is 9.61. The molecule has 0 saturated heterocycles. The van der Waals surface area contributed by atoms with Crippen LogP contribution in [0.5, 0.6) is 11.5 Å². The lowest BCUT2D eigenvalue weighted by Crippen LogP contribution is -2.29. The minimum atomic E-state index is -0.876. The van der Waals surface area contributed by atoms with Crippen molar-refractivity contribution < 1.29 is 28.0 Å². The molecule has 11 nitrogen and oxygen atoms in total. The van der Waals surface area contributed by atoms with Gasteiger partial charge in [0.2, 0.25) is 0 Å². The second-order valence-corrected chi connectivity index (χ2v) is 9.61. The number of nitrogens with one attached hydrogen (secondary N) is 3. The highest BCUT2D eigenvalue weighted by Gasteiger charge is 2.22. The molecule has 1 amide bonds. The maximum atomic E-state index is 15.3. The predicted octanol–water partition coefficient (Wildman–Crippen LogP) is 6.74. The van der Waals surface area contributed by atoms with Crippen molar-refractivity contribution >= 4 is 29.3 Å². The molecule has 46 heavy (non-hydrogen) atoms. The predicted molar refractivity (Wildman–Crippen MR) is 168 cm³/mol. The van der Waals surface area contributed by atoms with Crippen molar-refractivity contribution in [2.24, 2.45) is 0 Å². The van der Waals surface area contributed by atoms with Crippen LogP contribution >= 0.6 is 0 Å². The Balaban J connectivity index is 1.41. The molecule has 3 aromatic carbocycles. The average Bonchev–Trinajstić information content (AvgIpc) is 3.53. The number of non-ortho nitro benzene ring substituents is 1. The lowest BCUT2D eigenvalue weighted by atomic mass is 10.0. The van der Waals surface area contributed by atoms with E-state index in [4.69, 9.17) is 14.9 Å². The number of rotatable bonds is 11. The number of ether oxygens (including phenoxy) is 2. The van der Waals surface area contributed by atoms with Gasteiger partial charge in [-0.25, -0.2) is 8.78 Å². The van der Waals surface area contributed by atoms with Gasteiger partial charge in [-0.1, -0.05) is 12.1 Å². The van der Waals surface area contributed by atoms with Crippen LogP contribution in [-0.2, 0) is 0 Å². The molecular formula is C33H25F2N5O6. The Kier molecular flexibility index (Phi) is 9.12. The lowest BCUT2D eigenvalue weighted by molar-refractivity contribution is -0.384. The molecule has 0 saturated carbocycles. The Bertz CT molecular complexity index is 2040. The Labute approximate surface area is 260 Å². The first-order chi connectivity index (χ1) is 22.2. The van der Waals surface area contributed by atoms with Gasteiger partial charge in [0, 0.05) is 59.8 Å². The number of halogens is 2. The van der Waals surface area contributed by atoms with Crippen molar-refractivity contribution in [3.8, 4) is 28.3 Å². The molecule has 0 aliphatic rings. The highest BCUT2D eigenvalue weighted by atomic mass is 19.1. The number of hydrogen-bond acceptors (Lipinski definition) is 7. The van der Waals surface area contributed by atoms with E-state index in [0.717, 1.165) is 16.8 Å². The fourth-order valence-corrected chi connectivity index (χ4v) is 4.63. The Morgan fingerprint density at radius 1 is 1.07 bits per heavy atom. The van der Waals surface area contributed by atoms with E-state index < -0.39 is 28.0 Å². The maximum Gasteiger partial charge on any atom is 0.271 e. The fourth-order valence-electron chi connectivity index (χ4n) is 4.63. The number of nitrogens with zero attached hydrogens (tertiary/aromatic N) is 2. The van der Waals surface area contributed by atoms with Crippen LogP contribution in [0.25, 0.3) is 22.6 Å². The van der Waals surface area contributed by atoms with E-state index in [1.807, 2.05) is 0 Å². The van der Waals surface area contributed by atoms with Gasteiger partial charge >= 0.3 is 0 Å². The summed E-state index contributed by atoms with van der Waals surface area (Å²) in [6.45, 7) is 1.85. The number of anilines is 1. The molecule has 2 heterocycles. The van der Waals surface area contributed by atoms with Crippen LogP contribution in [0.15, 0.2) is 102 Å². The number of benzene rings is 3. The van der Waals surface area contributed by atoms with Gasteiger partial charge in [-0.2, -0.15) is 0 Å². The van der Waals surface area contributed by atoms with Gasteiger partial charge in [0.05, 0.1) is 17.2 Å². The molecule has 232 valence electrons. The van der Waals surface area contributed by atoms with Crippen LogP contribution in [0.1, 0.15) is 23.0 Å². The van der Waals surface area contributed by atoms with Crippen molar-refractivity contribution in [3.05, 3.63) is 141 Å². The summed E-state index contributed by atoms with van der Waals surface area (Å²) in [4.78, 5) is 40.4. The number of carbonyl (C=O) groups is 1. The van der Waals surface area contributed by atoms with Crippen LogP contribution in [0.4, 0.5) is 20.2 Å². The van der Waals surface area contributed by atoms with Gasteiger partial charge in [-0.15, -0.1) is 0 Å². The van der Waals surface area contributed by atoms with Gasteiger partial charge in [-0.05, 0) is 61.0 Å². The first-order valence-corrected chi connectivity index (χ1v) is 13.8. The minimum absolute atomic E-state index is 0.00336. The average molecular weight is 626 g/mol. The number of H-pyrrole nitrogens is 1. The van der Waals surface area contributed by atoms with Crippen molar-refractivity contribution in [2.75, 3.05) is 11.9 Å². The van der Waals surface area contributed by atoms with Crippen LogP contribution in [0, 0.1) is 27.2 Å². The number of nitro groups is 1. The molecule has 0 spiro atoms. The largest absolute Gasteiger partial charge is 0.493 e. The van der Waals surface area contributed by atoms with E-state index in [9.17, 15) is 24.1 Å². The minimum Gasteiger partial charge on any atom is -0.493 e. The number of pyridine rings is 1. The molecule has 0 bridgehead atoms. The maximum absolute atomic E-state index is 15.3. The topological polar surface area (TPSA) is 152 Å². The summed E-state index contributed by atoms with van der Waals surface area (Å²) in [7, 11) is 0. The molecule has 0 unspecified atom stereocenters. The van der Waals surface area contributed by atoms with E-state index in [-0.39, 0.29) is 40.8 Å². The number of nitro benzene ring substituents is 1. The Hall–Kier alpha value is -6.37. The van der Waals surface area contributed by atoms with Crippen LogP contribution in [-0.4, -0.2) is 33.2 Å². The molecule has 0 aliphatic carbocycles. The molecular weight excluding hydrogens is 600 g/mol. The first kappa shape index (κ1) is 31.1. The first-order valence-electron chi connectivity index (χ1n) is 13.8. The summed E-state index contributed by atoms with van der Waals surface area (Å²) >= 11 is 0. The SMILES string of the molecule is CCOc1ccn(-c2ccc(F)cc2)c(=O)c1C(=O)Nc1ccc(O/C(=C/C=N)c2[nH]ccc2-c2cccc([N+](=O)[O-])c2)c(F)c1. The van der Waals surface area contributed by atoms with E-state index >= 15 is 4.39 Å². The van der Waals surface area contributed by atoms with Gasteiger partial charge in [0.1, 0.15) is 17.1 Å². The summed E-state index contributed by atoms with van der Waals surface area (Å²) < 4.78 is 41.3. The van der Waals surface area contributed by atoms with E-state index in [2.05, 4.69) is 10.3 Å². The van der Waals surface area contributed by atoms with Crippen LogP contribution in [0.3, 0.4) is 0 Å². The standard InChI is InChI=1S/C33H25F2N5O6/c1-2-45-28-14-17-39(23-9-6-21(34)7-10-23)33(42)30(28)32(41)38-22-8-11-27(26(35)19-22)46-29(12-15-36)31-25(13-16-37-31)20-4-3-5-24(18-20)40(43)44/h3-19,36-37H,2H2,1H3,(H,38,41)/b29-12+,36-15?. The quantitative estimate of drug-likeness (QED) is 0.0640. The van der Waals surface area contributed by atoms with E-state index in [1.54, 1.807) is 25.3 Å². The van der Waals surface area contributed by atoms with Crippen LogP contribution < -0.4 is 20.3 Å². The lowest BCUT2D eigenvalue weighted by Gasteiger charge is -2.15. The summed E-state index contributed by atoms with van der Waals surface area (Å²) in [5.41, 5.74) is 0.475. The second kappa shape index (κ2) is 13.5. The summed E-state index contributed by atoms with van der Waals surface area (Å²) in [6.07, 6.45) is 5.19. The zero-order valence-corrected chi connectivity index (χ0v) is 24.1. The van der Waals surface area contributed by atoms with E-state index in [1.165, 1.54) is 72.9 Å².